The lowest BCUT2D eigenvalue weighted by atomic mass is 10.1. The van der Waals surface area contributed by atoms with E-state index in [1.807, 2.05) is 0 Å². The van der Waals surface area contributed by atoms with Crippen LogP contribution in [0.25, 0.3) is 0 Å². The zero-order valence-corrected chi connectivity index (χ0v) is 20.2. The second-order valence-electron chi connectivity index (χ2n) is 8.11. The summed E-state index contributed by atoms with van der Waals surface area (Å²) in [7, 11) is 0. The molecule has 1 rings (SSSR count). The first-order valence-corrected chi connectivity index (χ1v) is 11.6. The highest BCUT2D eigenvalue weighted by molar-refractivity contribution is 5.99. The molecule has 0 fully saturated rings. The van der Waals surface area contributed by atoms with Crippen molar-refractivity contribution < 1.29 is 24.0 Å². The van der Waals surface area contributed by atoms with Crippen LogP contribution in [0, 0.1) is 0 Å². The molecular weight excluding hydrogens is 468 g/mol. The molecule has 0 heterocycles. The van der Waals surface area contributed by atoms with Gasteiger partial charge in [-0.3, -0.25) is 24.2 Å². The van der Waals surface area contributed by atoms with Crippen LogP contribution in [0.4, 0.5) is 0 Å². The van der Waals surface area contributed by atoms with Gasteiger partial charge in [-0.15, -0.1) is 0 Å². The maximum atomic E-state index is 13.0. The number of nitrogens with zero attached hydrogens (tertiary/aromatic N) is 1. The third-order valence-electron chi connectivity index (χ3n) is 5.10. The van der Waals surface area contributed by atoms with Crippen molar-refractivity contribution in [3.8, 4) is 0 Å². The Kier molecular flexibility index (Phi) is 13.8. The first kappa shape index (κ1) is 30.0. The van der Waals surface area contributed by atoms with Crippen LogP contribution >= 0.6 is 0 Å². The Bertz CT molecular complexity index is 905. The predicted molar refractivity (Wildman–Crippen MR) is 134 cm³/mol. The van der Waals surface area contributed by atoms with Gasteiger partial charge in [-0.1, -0.05) is 18.2 Å². The van der Waals surface area contributed by atoms with Crippen LogP contribution < -0.4 is 38.9 Å². The fourth-order valence-electron chi connectivity index (χ4n) is 3.25. The molecule has 0 radical (unpaired) electrons. The number of primary amides is 1. The van der Waals surface area contributed by atoms with E-state index in [0.29, 0.717) is 37.7 Å². The van der Waals surface area contributed by atoms with E-state index in [2.05, 4.69) is 20.9 Å². The molecule has 11 N–H and O–H groups in total. The molecule has 0 saturated heterocycles. The van der Waals surface area contributed by atoms with Crippen molar-refractivity contribution in [1.29, 1.82) is 0 Å². The number of hydrogen-bond donors (Lipinski definition) is 7. The summed E-state index contributed by atoms with van der Waals surface area (Å²) in [5.41, 5.74) is 21.7. The maximum absolute atomic E-state index is 13.0. The fourth-order valence-corrected chi connectivity index (χ4v) is 3.25. The molecule has 0 bridgehead atoms. The van der Waals surface area contributed by atoms with Crippen LogP contribution in [0.5, 0.6) is 0 Å². The second-order valence-corrected chi connectivity index (χ2v) is 8.11. The number of unbranched alkanes of at least 4 members (excludes halogenated alkanes) is 1. The Morgan fingerprint density at radius 3 is 2.11 bits per heavy atom. The van der Waals surface area contributed by atoms with Gasteiger partial charge in [0, 0.05) is 12.1 Å². The number of carbonyl (C=O) groups excluding carboxylic acids is 5. The van der Waals surface area contributed by atoms with Gasteiger partial charge in [-0.05, 0) is 50.8 Å². The van der Waals surface area contributed by atoms with Crippen molar-refractivity contribution in [2.45, 2.75) is 56.7 Å². The number of amides is 4. The third-order valence-corrected chi connectivity index (χ3v) is 5.10. The molecule has 13 nitrogen and oxygen atoms in total. The molecule has 3 atom stereocenters. The van der Waals surface area contributed by atoms with Crippen LogP contribution in [0.15, 0.2) is 35.3 Å². The number of carbonyl (C=O) groups is 5. The highest BCUT2D eigenvalue weighted by Crippen LogP contribution is 2.06. The van der Waals surface area contributed by atoms with Crippen molar-refractivity contribution in [2.24, 2.45) is 27.9 Å². The summed E-state index contributed by atoms with van der Waals surface area (Å²) < 4.78 is 0. The van der Waals surface area contributed by atoms with Crippen LogP contribution in [-0.2, 0) is 19.2 Å². The van der Waals surface area contributed by atoms with Crippen LogP contribution in [-0.4, -0.2) is 67.1 Å². The minimum absolute atomic E-state index is 0.0914. The van der Waals surface area contributed by atoms with Crippen LogP contribution in [0.2, 0.25) is 0 Å². The lowest BCUT2D eigenvalue weighted by Crippen LogP contribution is -2.56. The average Bonchev–Trinajstić information content (AvgIpc) is 2.84. The topological polar surface area (TPSA) is 238 Å². The van der Waals surface area contributed by atoms with Crippen molar-refractivity contribution in [3.05, 3.63) is 35.9 Å². The summed E-state index contributed by atoms with van der Waals surface area (Å²) in [6, 6.07) is 5.09. The van der Waals surface area contributed by atoms with Gasteiger partial charge in [-0.25, -0.2) is 0 Å². The first-order chi connectivity index (χ1) is 17.2. The Labute approximate surface area is 209 Å². The van der Waals surface area contributed by atoms with E-state index in [1.54, 1.807) is 30.3 Å². The molecular formula is C23H36N8O5. The number of aliphatic imine (C=N–C) groups is 1. The van der Waals surface area contributed by atoms with Gasteiger partial charge in [0.15, 0.2) is 5.96 Å². The third kappa shape index (κ3) is 11.9. The minimum atomic E-state index is -1.35. The van der Waals surface area contributed by atoms with Gasteiger partial charge in [-0.2, -0.15) is 0 Å². The van der Waals surface area contributed by atoms with Gasteiger partial charge in [0.25, 0.3) is 5.91 Å². The summed E-state index contributed by atoms with van der Waals surface area (Å²) in [6.45, 7) is 0.666. The largest absolute Gasteiger partial charge is 0.370 e. The number of nitrogens with two attached hydrogens (primary N) is 4. The van der Waals surface area contributed by atoms with Crippen molar-refractivity contribution in [3.63, 3.8) is 0 Å². The normalized spacial score (nSPS) is 12.9. The summed E-state index contributed by atoms with van der Waals surface area (Å²) >= 11 is 0. The standard InChI is InChI=1S/C23H36N8O5/c24-11-5-4-10-17(30-20(34)15-7-2-1-3-8-15)21(35)31-18(13-19(25)33)22(36)29-16(14-32)9-6-12-28-23(26)27/h1-3,7-8,14,16-18H,4-6,9-13,24H2,(H2,25,33)(H,29,36)(H,30,34)(H,31,35)(H4,26,27,28)/t16-,17-,18-/m0/s1. The second kappa shape index (κ2) is 16.6. The van der Waals surface area contributed by atoms with Crippen LogP contribution in [0.3, 0.4) is 0 Å². The number of nitrogens with one attached hydrogen (secondary N) is 3. The Balaban J connectivity index is 2.90. The van der Waals surface area contributed by atoms with Crippen LogP contribution in [0.1, 0.15) is 48.9 Å². The van der Waals surface area contributed by atoms with Gasteiger partial charge in [0.2, 0.25) is 17.7 Å². The molecule has 1 aromatic carbocycles. The average molecular weight is 505 g/mol. The van der Waals surface area contributed by atoms with E-state index < -0.39 is 48.2 Å². The van der Waals surface area contributed by atoms with Gasteiger partial charge in [0.1, 0.15) is 18.4 Å². The SMILES string of the molecule is NCCCC[C@H](NC(=O)c1ccccc1)C(=O)N[C@@H](CC(N)=O)C(=O)N[C@H](C=O)CCCN=C(N)N. The number of hydrogen-bond acceptors (Lipinski definition) is 7. The van der Waals surface area contributed by atoms with E-state index in [0.717, 1.165) is 0 Å². The lowest BCUT2D eigenvalue weighted by Gasteiger charge is -2.24. The smallest absolute Gasteiger partial charge is 0.251 e. The Morgan fingerprint density at radius 2 is 1.53 bits per heavy atom. The minimum Gasteiger partial charge on any atom is -0.370 e. The van der Waals surface area contributed by atoms with Crippen molar-refractivity contribution >= 4 is 35.9 Å². The van der Waals surface area contributed by atoms with Crippen molar-refractivity contribution in [2.75, 3.05) is 13.1 Å². The summed E-state index contributed by atoms with van der Waals surface area (Å²) in [4.78, 5) is 65.2. The molecule has 0 aliphatic carbocycles. The maximum Gasteiger partial charge on any atom is 0.251 e. The van der Waals surface area contributed by atoms with Gasteiger partial charge < -0.3 is 43.7 Å². The lowest BCUT2D eigenvalue weighted by molar-refractivity contribution is -0.132. The Hall–Kier alpha value is -4.00. The molecule has 0 aromatic heterocycles. The zero-order chi connectivity index (χ0) is 26.9. The highest BCUT2D eigenvalue weighted by Gasteiger charge is 2.29. The van der Waals surface area contributed by atoms with Gasteiger partial charge in [0.05, 0.1) is 12.5 Å². The predicted octanol–water partition coefficient (Wildman–Crippen LogP) is -1.99. The van der Waals surface area contributed by atoms with E-state index in [1.165, 1.54) is 0 Å². The van der Waals surface area contributed by atoms with Gasteiger partial charge >= 0.3 is 0 Å². The molecule has 198 valence electrons. The molecule has 0 unspecified atom stereocenters. The molecule has 0 aliphatic rings. The molecule has 13 heteroatoms. The molecule has 0 aliphatic heterocycles. The quantitative estimate of drug-likeness (QED) is 0.0541. The Morgan fingerprint density at radius 1 is 0.861 bits per heavy atom. The first-order valence-electron chi connectivity index (χ1n) is 11.6. The summed E-state index contributed by atoms with van der Waals surface area (Å²) in [5.74, 6) is -2.84. The van der Waals surface area contributed by atoms with E-state index in [-0.39, 0.29) is 25.3 Å². The molecule has 1 aromatic rings. The van der Waals surface area contributed by atoms with Crippen molar-refractivity contribution in [1.82, 2.24) is 16.0 Å². The number of aldehydes is 1. The van der Waals surface area contributed by atoms with E-state index in [9.17, 15) is 24.0 Å². The number of rotatable bonds is 17. The van der Waals surface area contributed by atoms with E-state index in [4.69, 9.17) is 22.9 Å². The molecule has 4 amide bonds. The molecule has 0 saturated carbocycles. The monoisotopic (exact) mass is 504 g/mol. The van der Waals surface area contributed by atoms with E-state index >= 15 is 0 Å². The number of benzene rings is 1. The summed E-state index contributed by atoms with van der Waals surface area (Å²) in [5, 5.41) is 7.61. The number of guanidine groups is 1. The molecule has 36 heavy (non-hydrogen) atoms. The zero-order valence-electron chi connectivity index (χ0n) is 20.2. The highest BCUT2D eigenvalue weighted by atomic mass is 16.2. The molecule has 0 spiro atoms. The summed E-state index contributed by atoms with van der Waals surface area (Å²) in [6.07, 6.45) is 2.09. The fraction of sp³-hybridized carbons (Fsp3) is 0.478.